The number of aromatic amines is 1. The van der Waals surface area contributed by atoms with Gasteiger partial charge in [0.2, 0.25) is 11.7 Å². The van der Waals surface area contributed by atoms with Gasteiger partial charge in [0, 0.05) is 48.2 Å². The van der Waals surface area contributed by atoms with Crippen molar-refractivity contribution in [2.75, 3.05) is 0 Å². The quantitative estimate of drug-likeness (QED) is 0.0805. The summed E-state index contributed by atoms with van der Waals surface area (Å²) < 4.78 is 5.38. The number of ether oxygens (including phenoxy) is 1. The van der Waals surface area contributed by atoms with E-state index in [1.165, 1.54) is 0 Å². The highest BCUT2D eigenvalue weighted by molar-refractivity contribution is 6.38. The average Bonchev–Trinajstić information content (AvgIpc) is 3.55. The SMILES string of the molecule is C[C@H](CC(=O)OCc1ccccc1)C(=O)N[C@@H](Cc1c[nH]c2ccccc12)C(=O)C[C@@H](Cc1ccccc1)C(=O)C(=O)CCc1ccccc1. The third kappa shape index (κ3) is 10.2. The molecule has 5 aromatic rings. The molecule has 3 atom stereocenters. The summed E-state index contributed by atoms with van der Waals surface area (Å²) in [5, 5.41) is 3.78. The minimum atomic E-state index is -1.00. The Bertz CT molecular complexity index is 1900. The Morgan fingerprint density at radius 1 is 0.700 bits per heavy atom. The molecule has 0 unspecified atom stereocenters. The molecule has 0 spiro atoms. The number of hydrogen-bond acceptors (Lipinski definition) is 6. The third-order valence-corrected chi connectivity index (χ3v) is 8.87. The number of amides is 1. The molecule has 4 aromatic carbocycles. The lowest BCUT2D eigenvalue weighted by atomic mass is 9.85. The van der Waals surface area contributed by atoms with Gasteiger partial charge in [0.25, 0.3) is 0 Å². The first-order valence-electron chi connectivity index (χ1n) is 17.0. The first-order valence-corrected chi connectivity index (χ1v) is 17.0. The second kappa shape index (κ2) is 17.7. The van der Waals surface area contributed by atoms with Gasteiger partial charge in [-0.1, -0.05) is 116 Å². The normalized spacial score (nSPS) is 12.8. The van der Waals surface area contributed by atoms with Crippen molar-refractivity contribution in [2.24, 2.45) is 11.8 Å². The monoisotopic (exact) mass is 670 g/mol. The van der Waals surface area contributed by atoms with E-state index in [0.29, 0.717) is 6.42 Å². The van der Waals surface area contributed by atoms with Crippen LogP contribution in [0, 0.1) is 11.8 Å². The Morgan fingerprint density at radius 2 is 1.30 bits per heavy atom. The maximum absolute atomic E-state index is 14.2. The van der Waals surface area contributed by atoms with E-state index in [2.05, 4.69) is 10.3 Å². The van der Waals surface area contributed by atoms with Crippen LogP contribution in [-0.2, 0) is 54.6 Å². The number of aryl methyl sites for hydroxylation is 1. The summed E-state index contributed by atoms with van der Waals surface area (Å²) in [6, 6.07) is 34.7. The Hall–Kier alpha value is -5.63. The Balaban J connectivity index is 1.32. The van der Waals surface area contributed by atoms with Crippen molar-refractivity contribution < 1.29 is 28.7 Å². The third-order valence-electron chi connectivity index (χ3n) is 8.87. The van der Waals surface area contributed by atoms with Gasteiger partial charge in [-0.05, 0) is 41.2 Å². The average molecular weight is 671 g/mol. The molecule has 0 fully saturated rings. The van der Waals surface area contributed by atoms with Crippen molar-refractivity contribution in [1.82, 2.24) is 10.3 Å². The number of fused-ring (bicyclic) bond motifs is 1. The number of H-pyrrole nitrogens is 1. The molecule has 0 radical (unpaired) electrons. The first kappa shape index (κ1) is 35.7. The summed E-state index contributed by atoms with van der Waals surface area (Å²) in [6.45, 7) is 1.70. The van der Waals surface area contributed by atoms with Crippen LogP contribution in [0.4, 0.5) is 0 Å². The van der Waals surface area contributed by atoms with Crippen molar-refractivity contribution in [2.45, 2.75) is 58.1 Å². The number of hydrogen-bond donors (Lipinski definition) is 2. The number of benzene rings is 4. The molecule has 2 N–H and O–H groups in total. The van der Waals surface area contributed by atoms with E-state index in [-0.39, 0.29) is 44.5 Å². The second-order valence-corrected chi connectivity index (χ2v) is 12.7. The zero-order valence-electron chi connectivity index (χ0n) is 28.2. The lowest BCUT2D eigenvalue weighted by molar-refractivity contribution is -0.148. The van der Waals surface area contributed by atoms with Gasteiger partial charge >= 0.3 is 5.97 Å². The largest absolute Gasteiger partial charge is 0.461 e. The fourth-order valence-electron chi connectivity index (χ4n) is 6.01. The molecule has 50 heavy (non-hydrogen) atoms. The summed E-state index contributed by atoms with van der Waals surface area (Å²) in [5.41, 5.74) is 4.31. The second-order valence-electron chi connectivity index (χ2n) is 12.7. The maximum Gasteiger partial charge on any atom is 0.306 e. The van der Waals surface area contributed by atoms with Gasteiger partial charge in [-0.2, -0.15) is 0 Å². The molecule has 0 aliphatic carbocycles. The van der Waals surface area contributed by atoms with Crippen LogP contribution in [0.1, 0.15) is 48.4 Å². The first-order chi connectivity index (χ1) is 24.3. The van der Waals surface area contributed by atoms with Gasteiger partial charge in [-0.3, -0.25) is 24.0 Å². The number of esters is 1. The van der Waals surface area contributed by atoms with Crippen molar-refractivity contribution in [1.29, 1.82) is 0 Å². The molecular weight excluding hydrogens is 628 g/mol. The zero-order valence-corrected chi connectivity index (χ0v) is 28.2. The van der Waals surface area contributed by atoms with Gasteiger partial charge in [0.05, 0.1) is 12.5 Å². The summed E-state index contributed by atoms with van der Waals surface area (Å²) in [5.74, 6) is -4.18. The van der Waals surface area contributed by atoms with E-state index in [0.717, 1.165) is 33.2 Å². The molecular formula is C42H42N2O6. The molecule has 8 heteroatoms. The molecule has 0 aliphatic heterocycles. The maximum atomic E-state index is 14.2. The summed E-state index contributed by atoms with van der Waals surface area (Å²) in [4.78, 5) is 70.4. The summed E-state index contributed by atoms with van der Waals surface area (Å²) in [7, 11) is 0. The van der Waals surface area contributed by atoms with Crippen LogP contribution in [0.5, 0.6) is 0 Å². The Morgan fingerprint density at radius 3 is 1.98 bits per heavy atom. The van der Waals surface area contributed by atoms with E-state index in [4.69, 9.17) is 4.74 Å². The minimum absolute atomic E-state index is 0.0374. The molecule has 0 bridgehead atoms. The summed E-state index contributed by atoms with van der Waals surface area (Å²) in [6.07, 6.45) is 2.23. The van der Waals surface area contributed by atoms with Crippen LogP contribution in [-0.4, -0.2) is 40.3 Å². The molecule has 8 nitrogen and oxygen atoms in total. The van der Waals surface area contributed by atoms with Crippen LogP contribution in [0.15, 0.2) is 121 Å². The fraction of sp³-hybridized carbons (Fsp3) is 0.262. The number of Topliss-reactive ketones (excluding diaryl/α,β-unsaturated/α-hetero) is 3. The molecule has 0 aliphatic rings. The van der Waals surface area contributed by atoms with Gasteiger partial charge in [0.15, 0.2) is 11.6 Å². The minimum Gasteiger partial charge on any atom is -0.461 e. The molecule has 5 rings (SSSR count). The van der Waals surface area contributed by atoms with Crippen LogP contribution in [0.25, 0.3) is 10.9 Å². The molecule has 1 amide bonds. The van der Waals surface area contributed by atoms with Gasteiger partial charge in [0.1, 0.15) is 6.61 Å². The van der Waals surface area contributed by atoms with Crippen molar-refractivity contribution >= 4 is 40.1 Å². The smallest absolute Gasteiger partial charge is 0.306 e. The van der Waals surface area contributed by atoms with E-state index in [1.54, 1.807) is 13.1 Å². The lowest BCUT2D eigenvalue weighted by Crippen LogP contribution is -2.46. The van der Waals surface area contributed by atoms with Crippen LogP contribution in [0.2, 0.25) is 0 Å². The number of aromatic nitrogens is 1. The van der Waals surface area contributed by atoms with Crippen molar-refractivity contribution in [3.05, 3.63) is 144 Å². The molecule has 1 aromatic heterocycles. The number of para-hydroxylation sites is 1. The van der Waals surface area contributed by atoms with Crippen LogP contribution in [0.3, 0.4) is 0 Å². The number of nitrogens with one attached hydrogen (secondary N) is 2. The number of ketones is 3. The summed E-state index contributed by atoms with van der Waals surface area (Å²) >= 11 is 0. The number of rotatable bonds is 18. The number of carbonyl (C=O) groups is 5. The topological polar surface area (TPSA) is 122 Å². The van der Waals surface area contributed by atoms with Crippen molar-refractivity contribution in [3.63, 3.8) is 0 Å². The van der Waals surface area contributed by atoms with Gasteiger partial charge < -0.3 is 15.0 Å². The van der Waals surface area contributed by atoms with Gasteiger partial charge in [-0.15, -0.1) is 0 Å². The van der Waals surface area contributed by atoms with E-state index in [1.807, 2.05) is 115 Å². The standard InChI is InChI=1S/C42H42N2O6/c1-29(23-40(47)50-28-32-17-9-4-10-18-32)42(49)44-37(25-34-27-43-36-20-12-11-19-35(34)36)39(46)26-33(24-31-15-7-3-8-16-31)41(48)38(45)22-21-30-13-5-2-6-14-30/h2-20,27,29,33,37,43H,21-26,28H2,1H3,(H,44,49)/t29-,33-,37+/m1/s1. The van der Waals surface area contributed by atoms with Crippen LogP contribution < -0.4 is 5.32 Å². The zero-order chi connectivity index (χ0) is 35.3. The number of carbonyl (C=O) groups excluding carboxylic acids is 5. The molecule has 0 saturated heterocycles. The molecule has 256 valence electrons. The van der Waals surface area contributed by atoms with Crippen molar-refractivity contribution in [3.8, 4) is 0 Å². The van der Waals surface area contributed by atoms with E-state index >= 15 is 0 Å². The highest BCUT2D eigenvalue weighted by Crippen LogP contribution is 2.23. The molecule has 0 saturated carbocycles. The lowest BCUT2D eigenvalue weighted by Gasteiger charge is -2.22. The highest BCUT2D eigenvalue weighted by Gasteiger charge is 2.32. The van der Waals surface area contributed by atoms with Gasteiger partial charge in [-0.25, -0.2) is 0 Å². The van der Waals surface area contributed by atoms with E-state index < -0.39 is 41.3 Å². The highest BCUT2D eigenvalue weighted by atomic mass is 16.5. The van der Waals surface area contributed by atoms with Crippen LogP contribution >= 0.6 is 0 Å². The molecule has 1 heterocycles. The predicted octanol–water partition coefficient (Wildman–Crippen LogP) is 6.55. The predicted molar refractivity (Wildman–Crippen MR) is 192 cm³/mol. The Labute approximate surface area is 292 Å². The van der Waals surface area contributed by atoms with E-state index in [9.17, 15) is 24.0 Å². The Kier molecular flexibility index (Phi) is 12.6. The fourth-order valence-corrected chi connectivity index (χ4v) is 6.01.